The topological polar surface area (TPSA) is 66.3 Å². The minimum absolute atomic E-state index is 0.203. The molecule has 0 unspecified atom stereocenters. The smallest absolute Gasteiger partial charge is 0.339 e. The number of carbonyl (C=O) groups is 1. The fourth-order valence-electron chi connectivity index (χ4n) is 2.40. The molecular weight excluding hydrogens is 242 g/mol. The fourth-order valence-corrected chi connectivity index (χ4v) is 2.40. The zero-order chi connectivity index (χ0) is 13.2. The zero-order valence-electron chi connectivity index (χ0n) is 10.3. The van der Waals surface area contributed by atoms with Gasteiger partial charge in [-0.15, -0.1) is 5.10 Å². The largest absolute Gasteiger partial charge is 0.478 e. The van der Waals surface area contributed by atoms with Crippen LogP contribution in [0.3, 0.4) is 0 Å². The molecular formula is C14H13N3O2. The van der Waals surface area contributed by atoms with Gasteiger partial charge in [0.15, 0.2) is 5.82 Å². The molecule has 0 aliphatic carbocycles. The van der Waals surface area contributed by atoms with Crippen molar-refractivity contribution in [3.05, 3.63) is 53.2 Å². The van der Waals surface area contributed by atoms with Gasteiger partial charge in [0.1, 0.15) is 5.56 Å². The van der Waals surface area contributed by atoms with Crippen LogP contribution < -0.4 is 4.90 Å². The first-order valence-corrected chi connectivity index (χ1v) is 6.12. The van der Waals surface area contributed by atoms with Gasteiger partial charge in [-0.25, -0.2) is 4.79 Å². The third kappa shape index (κ3) is 2.14. The van der Waals surface area contributed by atoms with E-state index in [0.29, 0.717) is 12.4 Å². The van der Waals surface area contributed by atoms with E-state index in [4.69, 9.17) is 0 Å². The SMILES string of the molecule is O=C(O)c1ccnnc1N1CCc2ccccc2C1. The molecule has 1 N–H and O–H groups in total. The van der Waals surface area contributed by atoms with Crippen LogP contribution in [0.25, 0.3) is 0 Å². The quantitative estimate of drug-likeness (QED) is 0.885. The van der Waals surface area contributed by atoms with Gasteiger partial charge in [-0.2, -0.15) is 5.10 Å². The standard InChI is InChI=1S/C14H13N3O2/c18-14(19)12-5-7-15-16-13(12)17-8-6-10-3-1-2-4-11(10)9-17/h1-5,7H,6,8-9H2,(H,18,19). The van der Waals surface area contributed by atoms with Crippen LogP contribution in [0.5, 0.6) is 0 Å². The first-order chi connectivity index (χ1) is 9.25. The van der Waals surface area contributed by atoms with E-state index in [1.807, 2.05) is 17.0 Å². The van der Waals surface area contributed by atoms with Gasteiger partial charge in [0.25, 0.3) is 0 Å². The summed E-state index contributed by atoms with van der Waals surface area (Å²) in [5, 5.41) is 17.0. The molecule has 0 fully saturated rings. The van der Waals surface area contributed by atoms with E-state index in [1.165, 1.54) is 23.4 Å². The number of carboxylic acids is 1. The molecule has 0 saturated carbocycles. The van der Waals surface area contributed by atoms with Crippen molar-refractivity contribution in [2.75, 3.05) is 11.4 Å². The Labute approximate surface area is 110 Å². The van der Waals surface area contributed by atoms with Crippen LogP contribution in [0, 0.1) is 0 Å². The molecule has 0 saturated heterocycles. The number of fused-ring (bicyclic) bond motifs is 1. The van der Waals surface area contributed by atoms with Crippen molar-refractivity contribution < 1.29 is 9.90 Å². The monoisotopic (exact) mass is 255 g/mol. The molecule has 0 radical (unpaired) electrons. The second kappa shape index (κ2) is 4.68. The number of anilines is 1. The predicted octanol–water partition coefficient (Wildman–Crippen LogP) is 1.74. The van der Waals surface area contributed by atoms with E-state index in [9.17, 15) is 9.90 Å². The molecule has 0 bridgehead atoms. The molecule has 2 aromatic rings. The van der Waals surface area contributed by atoms with Gasteiger partial charge in [-0.05, 0) is 23.6 Å². The van der Waals surface area contributed by atoms with Crippen LogP contribution in [0.2, 0.25) is 0 Å². The highest BCUT2D eigenvalue weighted by Crippen LogP contribution is 2.24. The molecule has 0 amide bonds. The summed E-state index contributed by atoms with van der Waals surface area (Å²) in [6.07, 6.45) is 2.30. The van der Waals surface area contributed by atoms with Crippen molar-refractivity contribution in [3.63, 3.8) is 0 Å². The lowest BCUT2D eigenvalue weighted by Crippen LogP contribution is -2.32. The summed E-state index contributed by atoms with van der Waals surface area (Å²) in [6.45, 7) is 1.44. The lowest BCUT2D eigenvalue weighted by atomic mass is 10.00. The number of rotatable bonds is 2. The number of nitrogens with zero attached hydrogens (tertiary/aromatic N) is 3. The Hall–Kier alpha value is -2.43. The maximum Gasteiger partial charge on any atom is 0.339 e. The van der Waals surface area contributed by atoms with Crippen molar-refractivity contribution >= 4 is 11.8 Å². The van der Waals surface area contributed by atoms with E-state index in [-0.39, 0.29) is 5.56 Å². The van der Waals surface area contributed by atoms with E-state index in [1.54, 1.807) is 0 Å². The van der Waals surface area contributed by atoms with Crippen molar-refractivity contribution in [2.45, 2.75) is 13.0 Å². The molecule has 96 valence electrons. The van der Waals surface area contributed by atoms with Gasteiger partial charge in [0.05, 0.1) is 6.20 Å². The third-order valence-corrected chi connectivity index (χ3v) is 3.36. The van der Waals surface area contributed by atoms with Crippen LogP contribution in [-0.4, -0.2) is 27.8 Å². The molecule has 1 aliphatic heterocycles. The lowest BCUT2D eigenvalue weighted by molar-refractivity contribution is 0.0697. The molecule has 5 nitrogen and oxygen atoms in total. The number of aromatic carboxylic acids is 1. The lowest BCUT2D eigenvalue weighted by Gasteiger charge is -2.30. The molecule has 2 heterocycles. The number of carboxylic acid groups (broad SMARTS) is 1. The van der Waals surface area contributed by atoms with Crippen molar-refractivity contribution in [1.29, 1.82) is 0 Å². The highest BCUT2D eigenvalue weighted by Gasteiger charge is 2.22. The molecule has 19 heavy (non-hydrogen) atoms. The average molecular weight is 255 g/mol. The Morgan fingerprint density at radius 3 is 2.79 bits per heavy atom. The highest BCUT2D eigenvalue weighted by atomic mass is 16.4. The number of benzene rings is 1. The van der Waals surface area contributed by atoms with Crippen LogP contribution >= 0.6 is 0 Å². The van der Waals surface area contributed by atoms with Gasteiger partial charge in [0.2, 0.25) is 0 Å². The predicted molar refractivity (Wildman–Crippen MR) is 70.2 cm³/mol. The number of hydrogen-bond donors (Lipinski definition) is 1. The van der Waals surface area contributed by atoms with Crippen LogP contribution in [0.4, 0.5) is 5.82 Å². The minimum Gasteiger partial charge on any atom is -0.478 e. The van der Waals surface area contributed by atoms with Crippen molar-refractivity contribution in [3.8, 4) is 0 Å². The molecule has 5 heteroatoms. The summed E-state index contributed by atoms with van der Waals surface area (Å²) in [5.41, 5.74) is 2.74. The Kier molecular flexibility index (Phi) is 2.87. The minimum atomic E-state index is -0.969. The van der Waals surface area contributed by atoms with Crippen LogP contribution in [0.15, 0.2) is 36.5 Å². The summed E-state index contributed by atoms with van der Waals surface area (Å²) in [6, 6.07) is 9.70. The van der Waals surface area contributed by atoms with E-state index < -0.39 is 5.97 Å². The summed E-state index contributed by atoms with van der Waals surface area (Å²) in [4.78, 5) is 13.2. The molecule has 0 atom stereocenters. The van der Waals surface area contributed by atoms with Gasteiger partial charge in [-0.3, -0.25) is 0 Å². The molecule has 1 aromatic carbocycles. The summed E-state index contributed by atoms with van der Waals surface area (Å²) >= 11 is 0. The van der Waals surface area contributed by atoms with Gasteiger partial charge in [-0.1, -0.05) is 24.3 Å². The van der Waals surface area contributed by atoms with Crippen LogP contribution in [0.1, 0.15) is 21.5 Å². The second-order valence-electron chi connectivity index (χ2n) is 4.51. The maximum absolute atomic E-state index is 11.2. The Bertz CT molecular complexity index is 628. The average Bonchev–Trinajstić information content (AvgIpc) is 2.46. The van der Waals surface area contributed by atoms with Crippen LogP contribution in [-0.2, 0) is 13.0 Å². The first kappa shape index (κ1) is 11.6. The first-order valence-electron chi connectivity index (χ1n) is 6.12. The summed E-state index contributed by atoms with van der Waals surface area (Å²) < 4.78 is 0. The fraction of sp³-hybridized carbons (Fsp3) is 0.214. The third-order valence-electron chi connectivity index (χ3n) is 3.36. The number of aromatic nitrogens is 2. The molecule has 1 aromatic heterocycles. The Morgan fingerprint density at radius 2 is 2.00 bits per heavy atom. The summed E-state index contributed by atoms with van der Waals surface area (Å²) in [5.74, 6) is -0.520. The van der Waals surface area contributed by atoms with Gasteiger partial charge >= 0.3 is 5.97 Å². The highest BCUT2D eigenvalue weighted by molar-refractivity contribution is 5.93. The number of hydrogen-bond acceptors (Lipinski definition) is 4. The van der Waals surface area contributed by atoms with Crippen molar-refractivity contribution in [2.24, 2.45) is 0 Å². The summed E-state index contributed by atoms with van der Waals surface area (Å²) in [7, 11) is 0. The zero-order valence-corrected chi connectivity index (χ0v) is 10.3. The second-order valence-corrected chi connectivity index (χ2v) is 4.51. The Morgan fingerprint density at radius 1 is 1.21 bits per heavy atom. The van der Waals surface area contributed by atoms with E-state index in [2.05, 4.69) is 22.3 Å². The van der Waals surface area contributed by atoms with Gasteiger partial charge < -0.3 is 10.0 Å². The maximum atomic E-state index is 11.2. The normalized spacial score (nSPS) is 14.0. The Balaban J connectivity index is 1.95. The van der Waals surface area contributed by atoms with Crippen molar-refractivity contribution in [1.82, 2.24) is 10.2 Å². The molecule has 1 aliphatic rings. The molecule has 0 spiro atoms. The molecule has 3 rings (SSSR count). The van der Waals surface area contributed by atoms with Gasteiger partial charge in [0, 0.05) is 13.1 Å². The van der Waals surface area contributed by atoms with E-state index >= 15 is 0 Å². The van der Waals surface area contributed by atoms with E-state index in [0.717, 1.165) is 13.0 Å².